The molecule has 4 aromatic rings. The highest BCUT2D eigenvalue weighted by molar-refractivity contribution is 6.36. The Balaban J connectivity index is 1.76. The molecular weight excluding hydrogens is 454 g/mol. The number of imide groups is 1. The van der Waals surface area contributed by atoms with E-state index in [1.807, 2.05) is 19.2 Å². The number of phenols is 1. The van der Waals surface area contributed by atoms with Gasteiger partial charge in [0.15, 0.2) is 0 Å². The summed E-state index contributed by atoms with van der Waals surface area (Å²) in [4.78, 5) is 29.2. The maximum absolute atomic E-state index is 12.9. The standard InChI is InChI=1S/C26H24ClN3O4/c1-28-9-4-3-6-13-10-17-14(12-19(13)31)22-18(29-17)11-15(23-24(22)26(33)30-25(23)32)21-16(27)7-5-8-20(21)34-2/h5,7-8,10-12,28-29,31H,3-4,6,9H2,1-2H3,(H,30,32,33). The van der Waals surface area contributed by atoms with Gasteiger partial charge in [0.2, 0.25) is 0 Å². The number of ether oxygens (including phenoxy) is 1. The maximum Gasteiger partial charge on any atom is 0.259 e. The molecule has 1 aliphatic heterocycles. The third-order valence-corrected chi connectivity index (χ3v) is 6.67. The Morgan fingerprint density at radius 3 is 2.59 bits per heavy atom. The molecule has 5 rings (SSSR count). The molecule has 4 N–H and O–H groups in total. The van der Waals surface area contributed by atoms with E-state index in [1.165, 1.54) is 7.11 Å². The molecule has 34 heavy (non-hydrogen) atoms. The van der Waals surface area contributed by atoms with Crippen LogP contribution in [-0.4, -0.2) is 42.6 Å². The van der Waals surface area contributed by atoms with Crippen LogP contribution >= 0.6 is 11.6 Å². The van der Waals surface area contributed by atoms with Gasteiger partial charge in [-0.3, -0.25) is 14.9 Å². The van der Waals surface area contributed by atoms with E-state index >= 15 is 0 Å². The smallest absolute Gasteiger partial charge is 0.259 e. The number of halogens is 1. The first-order chi connectivity index (χ1) is 16.4. The van der Waals surface area contributed by atoms with Crippen LogP contribution in [-0.2, 0) is 6.42 Å². The van der Waals surface area contributed by atoms with Crippen LogP contribution in [0.3, 0.4) is 0 Å². The van der Waals surface area contributed by atoms with Crippen molar-refractivity contribution in [2.45, 2.75) is 19.3 Å². The van der Waals surface area contributed by atoms with Crippen molar-refractivity contribution < 1.29 is 19.4 Å². The van der Waals surface area contributed by atoms with E-state index in [-0.39, 0.29) is 16.9 Å². The molecule has 0 atom stereocenters. The number of carbonyl (C=O) groups excluding carboxylic acids is 2. The maximum atomic E-state index is 12.9. The zero-order valence-corrected chi connectivity index (χ0v) is 19.6. The third kappa shape index (κ3) is 3.48. The normalized spacial score (nSPS) is 13.0. The summed E-state index contributed by atoms with van der Waals surface area (Å²) in [6.07, 6.45) is 2.67. The number of nitrogens with one attached hydrogen (secondary N) is 3. The molecule has 7 nitrogen and oxygen atoms in total. The summed E-state index contributed by atoms with van der Waals surface area (Å²) in [6, 6.07) is 10.6. The Morgan fingerprint density at radius 1 is 1.03 bits per heavy atom. The lowest BCUT2D eigenvalue weighted by atomic mass is 9.92. The van der Waals surface area contributed by atoms with Crippen molar-refractivity contribution in [3.05, 3.63) is 58.1 Å². The summed E-state index contributed by atoms with van der Waals surface area (Å²) in [5, 5.41) is 18.0. The fourth-order valence-electron chi connectivity index (χ4n) is 4.79. The largest absolute Gasteiger partial charge is 0.508 e. The number of unbranched alkanes of at least 4 members (excludes halogenated alkanes) is 1. The number of aryl methyl sites for hydroxylation is 1. The van der Waals surface area contributed by atoms with Crippen molar-refractivity contribution in [2.75, 3.05) is 20.7 Å². The summed E-state index contributed by atoms with van der Waals surface area (Å²) in [7, 11) is 3.45. The second kappa shape index (κ2) is 8.66. The number of aromatic nitrogens is 1. The van der Waals surface area contributed by atoms with E-state index in [9.17, 15) is 14.7 Å². The van der Waals surface area contributed by atoms with Gasteiger partial charge >= 0.3 is 0 Å². The Morgan fingerprint density at radius 2 is 1.82 bits per heavy atom. The van der Waals surface area contributed by atoms with Crippen molar-refractivity contribution in [3.8, 4) is 22.6 Å². The van der Waals surface area contributed by atoms with Gasteiger partial charge < -0.3 is 20.1 Å². The summed E-state index contributed by atoms with van der Waals surface area (Å²) >= 11 is 6.53. The van der Waals surface area contributed by atoms with Gasteiger partial charge in [-0.05, 0) is 68.8 Å². The Bertz CT molecular complexity index is 1470. The summed E-state index contributed by atoms with van der Waals surface area (Å²) in [5.74, 6) is -0.292. The topological polar surface area (TPSA) is 103 Å². The molecule has 2 amide bonds. The van der Waals surface area contributed by atoms with Crippen LogP contribution in [0.4, 0.5) is 0 Å². The van der Waals surface area contributed by atoms with Crippen molar-refractivity contribution >= 4 is 45.2 Å². The zero-order chi connectivity index (χ0) is 24.0. The van der Waals surface area contributed by atoms with Gasteiger partial charge in [0, 0.05) is 32.9 Å². The van der Waals surface area contributed by atoms with Crippen molar-refractivity contribution in [2.24, 2.45) is 0 Å². The lowest BCUT2D eigenvalue weighted by molar-refractivity contribution is 0.0880. The highest BCUT2D eigenvalue weighted by atomic mass is 35.5. The number of rotatable bonds is 7. The van der Waals surface area contributed by atoms with Gasteiger partial charge in [0.25, 0.3) is 11.8 Å². The summed E-state index contributed by atoms with van der Waals surface area (Å²) < 4.78 is 5.51. The number of benzene rings is 3. The van der Waals surface area contributed by atoms with E-state index in [0.29, 0.717) is 38.2 Å². The minimum Gasteiger partial charge on any atom is -0.508 e. The predicted octanol–water partition coefficient (Wildman–Crippen LogP) is 4.78. The number of carbonyl (C=O) groups is 2. The van der Waals surface area contributed by atoms with Crippen molar-refractivity contribution in [3.63, 3.8) is 0 Å². The highest BCUT2D eigenvalue weighted by Crippen LogP contribution is 2.44. The number of hydrogen-bond donors (Lipinski definition) is 4. The van der Waals surface area contributed by atoms with Crippen molar-refractivity contribution in [1.29, 1.82) is 0 Å². The van der Waals surface area contributed by atoms with Crippen LogP contribution in [0.5, 0.6) is 11.5 Å². The second-order valence-electron chi connectivity index (χ2n) is 8.41. The number of aromatic amines is 1. The first kappa shape index (κ1) is 22.3. The lowest BCUT2D eigenvalue weighted by Gasteiger charge is -2.13. The Kier molecular flexibility index (Phi) is 5.67. The fraction of sp³-hybridized carbons (Fsp3) is 0.231. The first-order valence-corrected chi connectivity index (χ1v) is 11.5. The third-order valence-electron chi connectivity index (χ3n) is 6.35. The van der Waals surface area contributed by atoms with E-state index in [4.69, 9.17) is 16.3 Å². The monoisotopic (exact) mass is 477 g/mol. The van der Waals surface area contributed by atoms with E-state index in [0.717, 1.165) is 36.9 Å². The summed E-state index contributed by atoms with van der Waals surface area (Å²) in [6.45, 7) is 0.916. The minimum absolute atomic E-state index is 0.174. The number of aromatic hydroxyl groups is 1. The van der Waals surface area contributed by atoms with E-state index < -0.39 is 11.8 Å². The quantitative estimate of drug-likeness (QED) is 0.226. The number of H-pyrrole nitrogens is 1. The van der Waals surface area contributed by atoms with Crippen LogP contribution in [0.25, 0.3) is 32.9 Å². The molecule has 8 heteroatoms. The lowest BCUT2D eigenvalue weighted by Crippen LogP contribution is -2.20. The zero-order valence-electron chi connectivity index (χ0n) is 18.8. The number of methoxy groups -OCH3 is 1. The molecule has 0 spiro atoms. The van der Waals surface area contributed by atoms with E-state index in [2.05, 4.69) is 15.6 Å². The van der Waals surface area contributed by atoms with Gasteiger partial charge in [0.05, 0.1) is 23.3 Å². The average Bonchev–Trinajstić information content (AvgIpc) is 3.31. The minimum atomic E-state index is -0.487. The van der Waals surface area contributed by atoms with Gasteiger partial charge in [-0.1, -0.05) is 17.7 Å². The molecule has 0 fully saturated rings. The fourth-order valence-corrected chi connectivity index (χ4v) is 5.06. The molecule has 0 bridgehead atoms. The molecule has 3 aromatic carbocycles. The van der Waals surface area contributed by atoms with Gasteiger partial charge in [-0.15, -0.1) is 0 Å². The SMILES string of the molecule is CNCCCCc1cc2[nH]c3cc(-c4c(Cl)cccc4OC)c4c(c3c2cc1O)C(=O)NC4=O. The number of hydrogen-bond acceptors (Lipinski definition) is 5. The van der Waals surface area contributed by atoms with Crippen LogP contribution in [0.15, 0.2) is 36.4 Å². The molecule has 1 aliphatic rings. The van der Waals surface area contributed by atoms with Gasteiger partial charge in [-0.2, -0.15) is 0 Å². The van der Waals surface area contributed by atoms with E-state index in [1.54, 1.807) is 24.3 Å². The second-order valence-corrected chi connectivity index (χ2v) is 8.82. The molecular formula is C26H24ClN3O4. The van der Waals surface area contributed by atoms with Crippen LogP contribution in [0, 0.1) is 0 Å². The molecule has 0 saturated carbocycles. The first-order valence-electron chi connectivity index (χ1n) is 11.1. The molecule has 1 aromatic heterocycles. The highest BCUT2D eigenvalue weighted by Gasteiger charge is 2.35. The summed E-state index contributed by atoms with van der Waals surface area (Å²) in [5.41, 5.74) is 3.86. The molecule has 174 valence electrons. The van der Waals surface area contributed by atoms with Crippen LogP contribution < -0.4 is 15.4 Å². The van der Waals surface area contributed by atoms with Crippen LogP contribution in [0.1, 0.15) is 39.1 Å². The van der Waals surface area contributed by atoms with Crippen LogP contribution in [0.2, 0.25) is 5.02 Å². The van der Waals surface area contributed by atoms with Crippen molar-refractivity contribution in [1.82, 2.24) is 15.6 Å². The molecule has 0 radical (unpaired) electrons. The molecule has 0 aliphatic carbocycles. The molecule has 0 unspecified atom stereocenters. The Labute approximate surface area is 201 Å². The van der Waals surface area contributed by atoms with Gasteiger partial charge in [0.1, 0.15) is 11.5 Å². The number of phenolic OH excluding ortho intramolecular Hbond substituents is 1. The number of amides is 2. The molecule has 0 saturated heterocycles. The molecule has 2 heterocycles. The predicted molar refractivity (Wildman–Crippen MR) is 133 cm³/mol. The number of fused-ring (bicyclic) bond motifs is 5. The van der Waals surface area contributed by atoms with Gasteiger partial charge in [-0.25, -0.2) is 0 Å². The average molecular weight is 478 g/mol. The Hall–Kier alpha value is -3.55.